The van der Waals surface area contributed by atoms with E-state index >= 15 is 0 Å². The molecule has 0 saturated carbocycles. The molecule has 0 atom stereocenters. The van der Waals surface area contributed by atoms with Crippen molar-refractivity contribution in [2.45, 2.75) is 13.3 Å². The van der Waals surface area contributed by atoms with Crippen LogP contribution in [0.25, 0.3) is 10.2 Å². The SMILES string of the molecule is CCc1ccc2nc(N3CCN(CCNC(=O)c4ccccc4Br)CC3)sc2c1. The molecule has 0 aliphatic carbocycles. The van der Waals surface area contributed by atoms with Crippen LogP contribution in [0.5, 0.6) is 0 Å². The van der Waals surface area contributed by atoms with E-state index in [2.05, 4.69) is 56.2 Å². The summed E-state index contributed by atoms with van der Waals surface area (Å²) >= 11 is 5.22. The molecule has 0 unspecified atom stereocenters. The van der Waals surface area contributed by atoms with E-state index in [-0.39, 0.29) is 5.91 Å². The van der Waals surface area contributed by atoms with Gasteiger partial charge in [-0.2, -0.15) is 0 Å². The maximum atomic E-state index is 12.3. The van der Waals surface area contributed by atoms with Crippen LogP contribution in [-0.4, -0.2) is 55.1 Å². The molecule has 2 heterocycles. The summed E-state index contributed by atoms with van der Waals surface area (Å²) in [6.07, 6.45) is 1.06. The van der Waals surface area contributed by atoms with E-state index in [4.69, 9.17) is 4.98 Å². The lowest BCUT2D eigenvalue weighted by atomic mass is 10.2. The summed E-state index contributed by atoms with van der Waals surface area (Å²) < 4.78 is 2.10. The number of thiazole rings is 1. The van der Waals surface area contributed by atoms with E-state index in [1.807, 2.05) is 24.3 Å². The summed E-state index contributed by atoms with van der Waals surface area (Å²) in [5.41, 5.74) is 3.14. The van der Waals surface area contributed by atoms with Gasteiger partial charge in [0.25, 0.3) is 5.91 Å². The first-order valence-electron chi connectivity index (χ1n) is 10.0. The van der Waals surface area contributed by atoms with E-state index in [1.165, 1.54) is 10.3 Å². The average Bonchev–Trinajstić information content (AvgIpc) is 3.17. The zero-order valence-electron chi connectivity index (χ0n) is 16.5. The molecular weight excluding hydrogens is 448 g/mol. The van der Waals surface area contributed by atoms with Gasteiger partial charge in [0.15, 0.2) is 5.13 Å². The third-order valence-corrected chi connectivity index (χ3v) is 7.10. The fourth-order valence-electron chi connectivity index (χ4n) is 3.54. The zero-order chi connectivity index (χ0) is 20.2. The van der Waals surface area contributed by atoms with Crippen molar-refractivity contribution in [3.8, 4) is 0 Å². The number of hydrogen-bond acceptors (Lipinski definition) is 5. The summed E-state index contributed by atoms with van der Waals surface area (Å²) in [7, 11) is 0. The Morgan fingerprint density at radius 1 is 1.17 bits per heavy atom. The highest BCUT2D eigenvalue weighted by molar-refractivity contribution is 9.10. The minimum absolute atomic E-state index is 0.0305. The third-order valence-electron chi connectivity index (χ3n) is 5.32. The number of fused-ring (bicyclic) bond motifs is 1. The smallest absolute Gasteiger partial charge is 0.252 e. The van der Waals surface area contributed by atoms with E-state index in [1.54, 1.807) is 11.3 Å². The van der Waals surface area contributed by atoms with Gasteiger partial charge in [-0.15, -0.1) is 0 Å². The molecule has 152 valence electrons. The average molecular weight is 473 g/mol. The minimum atomic E-state index is -0.0305. The Morgan fingerprint density at radius 3 is 2.72 bits per heavy atom. The lowest BCUT2D eigenvalue weighted by Crippen LogP contribution is -2.48. The summed E-state index contributed by atoms with van der Waals surface area (Å²) in [5, 5.41) is 4.14. The van der Waals surface area contributed by atoms with Gasteiger partial charge in [0.1, 0.15) is 0 Å². The van der Waals surface area contributed by atoms with E-state index in [0.29, 0.717) is 12.1 Å². The van der Waals surface area contributed by atoms with Gasteiger partial charge in [-0.1, -0.05) is 36.5 Å². The minimum Gasteiger partial charge on any atom is -0.351 e. The Kier molecular flexibility index (Phi) is 6.47. The molecule has 1 amide bonds. The number of carbonyl (C=O) groups is 1. The second kappa shape index (κ2) is 9.24. The lowest BCUT2D eigenvalue weighted by Gasteiger charge is -2.34. The Labute approximate surface area is 183 Å². The highest BCUT2D eigenvalue weighted by Crippen LogP contribution is 2.30. The van der Waals surface area contributed by atoms with Gasteiger partial charge in [0.05, 0.1) is 15.8 Å². The van der Waals surface area contributed by atoms with E-state index < -0.39 is 0 Å². The van der Waals surface area contributed by atoms with Crippen LogP contribution < -0.4 is 10.2 Å². The van der Waals surface area contributed by atoms with Crippen LogP contribution in [0, 0.1) is 0 Å². The molecule has 0 spiro atoms. The number of hydrogen-bond donors (Lipinski definition) is 1. The molecule has 0 radical (unpaired) electrons. The number of carbonyl (C=O) groups excluding carboxylic acids is 1. The molecule has 1 N–H and O–H groups in total. The number of halogens is 1. The summed E-state index contributed by atoms with van der Waals surface area (Å²) in [5.74, 6) is -0.0305. The van der Waals surface area contributed by atoms with Crippen molar-refractivity contribution in [2.24, 2.45) is 0 Å². The van der Waals surface area contributed by atoms with Gasteiger partial charge in [0.2, 0.25) is 0 Å². The Hall–Kier alpha value is -1.96. The number of piperazine rings is 1. The maximum absolute atomic E-state index is 12.3. The van der Waals surface area contributed by atoms with Crippen LogP contribution in [0.1, 0.15) is 22.8 Å². The Bertz CT molecular complexity index is 997. The lowest BCUT2D eigenvalue weighted by molar-refractivity contribution is 0.0947. The fourth-order valence-corrected chi connectivity index (χ4v) is 5.09. The van der Waals surface area contributed by atoms with Gasteiger partial charge in [-0.3, -0.25) is 9.69 Å². The summed E-state index contributed by atoms with van der Waals surface area (Å²) in [4.78, 5) is 21.9. The first-order valence-corrected chi connectivity index (χ1v) is 11.6. The summed E-state index contributed by atoms with van der Waals surface area (Å²) in [6, 6.07) is 14.1. The first-order chi connectivity index (χ1) is 14.1. The predicted octanol–water partition coefficient (Wildman–Crippen LogP) is 4.17. The van der Waals surface area contributed by atoms with Crippen molar-refractivity contribution >= 4 is 48.5 Å². The Morgan fingerprint density at radius 2 is 1.97 bits per heavy atom. The number of amides is 1. The predicted molar refractivity (Wildman–Crippen MR) is 124 cm³/mol. The molecule has 1 saturated heterocycles. The van der Waals surface area contributed by atoms with Crippen molar-refractivity contribution in [3.05, 3.63) is 58.1 Å². The topological polar surface area (TPSA) is 48.5 Å². The number of aromatic nitrogens is 1. The molecule has 2 aromatic carbocycles. The molecule has 5 nitrogen and oxygen atoms in total. The fraction of sp³-hybridized carbons (Fsp3) is 0.364. The standard InChI is InChI=1S/C22H25BrN4OS/c1-2-16-7-8-19-20(15-16)29-22(25-19)27-13-11-26(12-14-27)10-9-24-21(28)17-5-3-4-6-18(17)23/h3-8,15H,2,9-14H2,1H3,(H,24,28). The van der Waals surface area contributed by atoms with Crippen LogP contribution in [0.4, 0.5) is 5.13 Å². The molecule has 4 rings (SSSR count). The molecule has 1 aliphatic heterocycles. The summed E-state index contributed by atoms with van der Waals surface area (Å²) in [6.45, 7) is 7.62. The van der Waals surface area contributed by atoms with Crippen molar-refractivity contribution in [2.75, 3.05) is 44.2 Å². The van der Waals surface area contributed by atoms with Gasteiger partial charge < -0.3 is 10.2 Å². The van der Waals surface area contributed by atoms with Crippen LogP contribution >= 0.6 is 27.3 Å². The van der Waals surface area contributed by atoms with Crippen molar-refractivity contribution in [1.29, 1.82) is 0 Å². The monoisotopic (exact) mass is 472 g/mol. The molecule has 29 heavy (non-hydrogen) atoms. The van der Waals surface area contributed by atoms with Crippen LogP contribution in [0.15, 0.2) is 46.9 Å². The molecule has 1 fully saturated rings. The number of anilines is 1. The van der Waals surface area contributed by atoms with Gasteiger partial charge >= 0.3 is 0 Å². The number of nitrogens with zero attached hydrogens (tertiary/aromatic N) is 3. The van der Waals surface area contributed by atoms with Crippen LogP contribution in [-0.2, 0) is 6.42 Å². The molecule has 0 bridgehead atoms. The highest BCUT2D eigenvalue weighted by Gasteiger charge is 2.20. The van der Waals surface area contributed by atoms with E-state index in [0.717, 1.165) is 54.3 Å². The van der Waals surface area contributed by atoms with Crippen molar-refractivity contribution < 1.29 is 4.79 Å². The largest absolute Gasteiger partial charge is 0.351 e. The number of nitrogens with one attached hydrogen (secondary N) is 1. The number of benzene rings is 2. The van der Waals surface area contributed by atoms with Gasteiger partial charge in [0, 0.05) is 43.7 Å². The van der Waals surface area contributed by atoms with Crippen molar-refractivity contribution in [3.63, 3.8) is 0 Å². The normalized spacial score (nSPS) is 15.0. The van der Waals surface area contributed by atoms with Crippen LogP contribution in [0.2, 0.25) is 0 Å². The third kappa shape index (κ3) is 4.79. The molecule has 1 aromatic heterocycles. The van der Waals surface area contributed by atoms with Crippen LogP contribution in [0.3, 0.4) is 0 Å². The molecular formula is C22H25BrN4OS. The van der Waals surface area contributed by atoms with Crippen molar-refractivity contribution in [1.82, 2.24) is 15.2 Å². The zero-order valence-corrected chi connectivity index (χ0v) is 18.9. The maximum Gasteiger partial charge on any atom is 0.252 e. The molecule has 1 aliphatic rings. The number of rotatable bonds is 6. The Balaban J connectivity index is 1.26. The number of aryl methyl sites for hydroxylation is 1. The van der Waals surface area contributed by atoms with Gasteiger partial charge in [-0.05, 0) is 52.2 Å². The quantitative estimate of drug-likeness (QED) is 0.584. The first kappa shape index (κ1) is 20.3. The van der Waals surface area contributed by atoms with Gasteiger partial charge in [-0.25, -0.2) is 4.98 Å². The van der Waals surface area contributed by atoms with E-state index in [9.17, 15) is 4.79 Å². The molecule has 3 aromatic rings. The molecule has 7 heteroatoms. The second-order valence-corrected chi connectivity index (χ2v) is 9.08. The second-order valence-electron chi connectivity index (χ2n) is 7.22. The highest BCUT2D eigenvalue weighted by atomic mass is 79.9.